The maximum Gasteiger partial charge on any atom is 0.251 e. The molecule has 0 spiro atoms. The summed E-state index contributed by atoms with van der Waals surface area (Å²) in [5.74, 6) is 5.23. The Morgan fingerprint density at radius 1 is 1.35 bits per heavy atom. The lowest BCUT2D eigenvalue weighted by Crippen LogP contribution is -2.25. The van der Waals surface area contributed by atoms with Gasteiger partial charge in [-0.25, -0.2) is 0 Å². The molecule has 0 bridgehead atoms. The zero-order valence-corrected chi connectivity index (χ0v) is 10.9. The lowest BCUT2D eigenvalue weighted by Gasteiger charge is -2.23. The molecule has 0 radical (unpaired) electrons. The van der Waals surface area contributed by atoms with Gasteiger partial charge in [-0.2, -0.15) is 0 Å². The molecule has 0 aliphatic heterocycles. The first-order chi connectivity index (χ1) is 7.90. The van der Waals surface area contributed by atoms with Crippen LogP contribution in [-0.2, 0) is 12.0 Å². The Bertz CT molecular complexity index is 408. The van der Waals surface area contributed by atoms with Crippen molar-refractivity contribution in [3.8, 4) is 0 Å². The van der Waals surface area contributed by atoms with E-state index in [0.717, 1.165) is 11.1 Å². The summed E-state index contributed by atoms with van der Waals surface area (Å²) in [6.07, 6.45) is 0. The predicted octanol–water partition coefficient (Wildman–Crippen LogP) is 1.31. The van der Waals surface area contributed by atoms with E-state index in [1.807, 2.05) is 18.2 Å². The molecule has 0 aliphatic rings. The number of nitrogens with one attached hydrogen (secondary N) is 2. The fourth-order valence-corrected chi connectivity index (χ4v) is 1.80. The van der Waals surface area contributed by atoms with E-state index in [1.165, 1.54) is 0 Å². The van der Waals surface area contributed by atoms with Crippen LogP contribution >= 0.6 is 0 Å². The number of hydrazine groups is 1. The molecule has 4 N–H and O–H groups in total. The number of benzene rings is 1. The second kappa shape index (κ2) is 5.29. The van der Waals surface area contributed by atoms with Gasteiger partial charge in [-0.05, 0) is 22.6 Å². The standard InChI is InChI=1S/C13H21N3O/c1-13(2,3)11-6-5-9(8-16-14)7-10(11)12(17)15-4/h5-7,16H,8,14H2,1-4H3,(H,15,17). The Hall–Kier alpha value is -1.39. The van der Waals surface area contributed by atoms with Gasteiger partial charge in [-0.15, -0.1) is 0 Å². The molecule has 0 aliphatic carbocycles. The second-order valence-corrected chi connectivity index (χ2v) is 5.09. The van der Waals surface area contributed by atoms with E-state index in [1.54, 1.807) is 7.05 Å². The number of amides is 1. The Morgan fingerprint density at radius 2 is 2.00 bits per heavy atom. The van der Waals surface area contributed by atoms with Crippen LogP contribution < -0.4 is 16.6 Å². The van der Waals surface area contributed by atoms with Crippen LogP contribution in [0.4, 0.5) is 0 Å². The predicted molar refractivity (Wildman–Crippen MR) is 69.6 cm³/mol. The van der Waals surface area contributed by atoms with E-state index in [4.69, 9.17) is 5.84 Å². The molecule has 0 unspecified atom stereocenters. The van der Waals surface area contributed by atoms with E-state index in [2.05, 4.69) is 31.5 Å². The van der Waals surface area contributed by atoms with Crippen molar-refractivity contribution in [2.24, 2.45) is 5.84 Å². The summed E-state index contributed by atoms with van der Waals surface area (Å²) in [5.41, 5.74) is 5.29. The molecule has 4 heteroatoms. The molecule has 94 valence electrons. The first-order valence-corrected chi connectivity index (χ1v) is 5.69. The largest absolute Gasteiger partial charge is 0.355 e. The molecule has 1 rings (SSSR count). The van der Waals surface area contributed by atoms with Crippen molar-refractivity contribution in [1.29, 1.82) is 0 Å². The number of hydrogen-bond donors (Lipinski definition) is 3. The molecule has 0 saturated heterocycles. The Balaban J connectivity index is 3.27. The number of hydrogen-bond acceptors (Lipinski definition) is 3. The van der Waals surface area contributed by atoms with Gasteiger partial charge in [-0.3, -0.25) is 16.1 Å². The van der Waals surface area contributed by atoms with Crippen molar-refractivity contribution >= 4 is 5.91 Å². The highest BCUT2D eigenvalue weighted by Crippen LogP contribution is 2.26. The first-order valence-electron chi connectivity index (χ1n) is 5.69. The normalized spacial score (nSPS) is 11.4. The van der Waals surface area contributed by atoms with Gasteiger partial charge < -0.3 is 5.32 Å². The van der Waals surface area contributed by atoms with Crippen LogP contribution in [0.2, 0.25) is 0 Å². The molecule has 0 fully saturated rings. The lowest BCUT2D eigenvalue weighted by atomic mass is 9.83. The van der Waals surface area contributed by atoms with Crippen LogP contribution in [0.15, 0.2) is 18.2 Å². The fraction of sp³-hybridized carbons (Fsp3) is 0.462. The van der Waals surface area contributed by atoms with Crippen molar-refractivity contribution in [3.05, 3.63) is 34.9 Å². The molecule has 4 nitrogen and oxygen atoms in total. The van der Waals surface area contributed by atoms with Gasteiger partial charge >= 0.3 is 0 Å². The van der Waals surface area contributed by atoms with E-state index < -0.39 is 0 Å². The van der Waals surface area contributed by atoms with Crippen LogP contribution in [0.1, 0.15) is 42.3 Å². The minimum atomic E-state index is -0.0613. The van der Waals surface area contributed by atoms with Crippen molar-refractivity contribution in [1.82, 2.24) is 10.7 Å². The van der Waals surface area contributed by atoms with Gasteiger partial charge in [0.1, 0.15) is 0 Å². The van der Waals surface area contributed by atoms with Crippen LogP contribution in [0.5, 0.6) is 0 Å². The minimum absolute atomic E-state index is 0.0590. The average Bonchev–Trinajstić information content (AvgIpc) is 2.27. The summed E-state index contributed by atoms with van der Waals surface area (Å²) >= 11 is 0. The summed E-state index contributed by atoms with van der Waals surface area (Å²) in [5, 5.41) is 2.67. The summed E-state index contributed by atoms with van der Waals surface area (Å²) in [4.78, 5) is 11.9. The van der Waals surface area contributed by atoms with Gasteiger partial charge in [0.05, 0.1) is 0 Å². The topological polar surface area (TPSA) is 67.2 Å². The van der Waals surface area contributed by atoms with Crippen molar-refractivity contribution in [2.45, 2.75) is 32.7 Å². The lowest BCUT2D eigenvalue weighted by molar-refractivity contribution is 0.0961. The number of carbonyl (C=O) groups is 1. The molecule has 17 heavy (non-hydrogen) atoms. The molecule has 1 amide bonds. The smallest absolute Gasteiger partial charge is 0.251 e. The van der Waals surface area contributed by atoms with Crippen molar-refractivity contribution in [2.75, 3.05) is 7.05 Å². The van der Waals surface area contributed by atoms with E-state index in [-0.39, 0.29) is 11.3 Å². The summed E-state index contributed by atoms with van der Waals surface area (Å²) in [6.45, 7) is 6.83. The third-order valence-corrected chi connectivity index (χ3v) is 2.67. The highest BCUT2D eigenvalue weighted by Gasteiger charge is 2.21. The third-order valence-electron chi connectivity index (χ3n) is 2.67. The van der Waals surface area contributed by atoms with Crippen LogP contribution in [-0.4, -0.2) is 13.0 Å². The highest BCUT2D eigenvalue weighted by atomic mass is 16.1. The third kappa shape index (κ3) is 3.28. The van der Waals surface area contributed by atoms with E-state index in [0.29, 0.717) is 12.1 Å². The van der Waals surface area contributed by atoms with Crippen LogP contribution in [0.3, 0.4) is 0 Å². The fourth-order valence-electron chi connectivity index (χ4n) is 1.80. The summed E-state index contributed by atoms with van der Waals surface area (Å²) < 4.78 is 0. The molecular formula is C13H21N3O. The van der Waals surface area contributed by atoms with Crippen LogP contribution in [0, 0.1) is 0 Å². The summed E-state index contributed by atoms with van der Waals surface area (Å²) in [7, 11) is 1.64. The molecule has 1 aromatic rings. The van der Waals surface area contributed by atoms with Gasteiger partial charge in [0, 0.05) is 19.2 Å². The van der Waals surface area contributed by atoms with Crippen molar-refractivity contribution < 1.29 is 4.79 Å². The Kier molecular flexibility index (Phi) is 4.26. The first kappa shape index (κ1) is 13.7. The van der Waals surface area contributed by atoms with Crippen LogP contribution in [0.25, 0.3) is 0 Å². The quantitative estimate of drug-likeness (QED) is 0.546. The maximum atomic E-state index is 11.9. The van der Waals surface area contributed by atoms with E-state index in [9.17, 15) is 4.79 Å². The molecule has 1 aromatic carbocycles. The molecular weight excluding hydrogens is 214 g/mol. The monoisotopic (exact) mass is 235 g/mol. The summed E-state index contributed by atoms with van der Waals surface area (Å²) in [6, 6.07) is 5.88. The van der Waals surface area contributed by atoms with E-state index >= 15 is 0 Å². The van der Waals surface area contributed by atoms with Gasteiger partial charge in [0.2, 0.25) is 0 Å². The molecule has 0 heterocycles. The number of carbonyl (C=O) groups excluding carboxylic acids is 1. The molecule has 0 saturated carbocycles. The SMILES string of the molecule is CNC(=O)c1cc(CNN)ccc1C(C)(C)C. The second-order valence-electron chi connectivity index (χ2n) is 5.09. The average molecular weight is 235 g/mol. The maximum absolute atomic E-state index is 11.9. The zero-order valence-electron chi connectivity index (χ0n) is 10.9. The minimum Gasteiger partial charge on any atom is -0.355 e. The van der Waals surface area contributed by atoms with Gasteiger partial charge in [-0.1, -0.05) is 32.9 Å². The number of nitrogens with two attached hydrogens (primary N) is 1. The highest BCUT2D eigenvalue weighted by molar-refractivity contribution is 5.96. The Morgan fingerprint density at radius 3 is 2.47 bits per heavy atom. The van der Waals surface area contributed by atoms with Crippen molar-refractivity contribution in [3.63, 3.8) is 0 Å². The van der Waals surface area contributed by atoms with Gasteiger partial charge in [0.25, 0.3) is 5.91 Å². The zero-order chi connectivity index (χ0) is 13.1. The molecule has 0 aromatic heterocycles. The van der Waals surface area contributed by atoms with Gasteiger partial charge in [0.15, 0.2) is 0 Å². The number of rotatable bonds is 3. The Labute approximate surface area is 103 Å². The molecule has 0 atom stereocenters.